The molecule has 0 aromatic rings. The first kappa shape index (κ1) is 7.94. The Morgan fingerprint density at radius 3 is 2.82 bits per heavy atom. The number of nitrogens with zero attached hydrogens (tertiary/aromatic N) is 1. The molecule has 0 aliphatic carbocycles. The van der Waals surface area contributed by atoms with E-state index < -0.39 is 17.3 Å². The Morgan fingerprint density at radius 1 is 1.73 bits per heavy atom. The van der Waals surface area contributed by atoms with Gasteiger partial charge in [-0.15, -0.1) is 11.6 Å². The standard InChI is InChI=1S/C6H4ClNO3/c7-3-1-2-4(6(10)11)8-5(3)9/h1-3H,(H,10,11). The number of carboxylic acid groups (broad SMARTS) is 1. The lowest BCUT2D eigenvalue weighted by atomic mass is 10.2. The number of aliphatic carboxylic acids is 1. The molecule has 0 aromatic carbocycles. The largest absolute Gasteiger partial charge is 0.477 e. The fraction of sp³-hybridized carbons (Fsp3) is 0.167. The van der Waals surface area contributed by atoms with E-state index in [1.165, 1.54) is 12.2 Å². The molecule has 0 aromatic heterocycles. The van der Waals surface area contributed by atoms with Gasteiger partial charge in [0.15, 0.2) is 5.71 Å². The molecule has 1 rings (SSSR count). The monoisotopic (exact) mass is 173 g/mol. The number of aliphatic imine (C=N–C) groups is 1. The summed E-state index contributed by atoms with van der Waals surface area (Å²) in [4.78, 5) is 24.1. The third-order valence-electron chi connectivity index (χ3n) is 1.11. The van der Waals surface area contributed by atoms with Crippen LogP contribution in [0.15, 0.2) is 17.1 Å². The normalized spacial score (nSPS) is 23.2. The Hall–Kier alpha value is -1.16. The number of hydrogen-bond acceptors (Lipinski definition) is 2. The van der Waals surface area contributed by atoms with Crippen molar-refractivity contribution in [2.24, 2.45) is 4.99 Å². The van der Waals surface area contributed by atoms with Crippen molar-refractivity contribution in [3.63, 3.8) is 0 Å². The lowest BCUT2D eigenvalue weighted by Crippen LogP contribution is -2.21. The van der Waals surface area contributed by atoms with Crippen LogP contribution in [0.2, 0.25) is 0 Å². The zero-order valence-corrected chi connectivity index (χ0v) is 6.08. The first-order valence-electron chi connectivity index (χ1n) is 2.79. The van der Waals surface area contributed by atoms with Gasteiger partial charge in [-0.3, -0.25) is 4.79 Å². The zero-order valence-electron chi connectivity index (χ0n) is 5.32. The first-order valence-corrected chi connectivity index (χ1v) is 3.23. The Balaban J connectivity index is 2.89. The molecule has 5 heteroatoms. The van der Waals surface area contributed by atoms with E-state index in [-0.39, 0.29) is 5.71 Å². The number of dihydropyridines is 1. The van der Waals surface area contributed by atoms with E-state index in [1.807, 2.05) is 0 Å². The molecule has 11 heavy (non-hydrogen) atoms. The van der Waals surface area contributed by atoms with Crippen molar-refractivity contribution in [2.45, 2.75) is 5.38 Å². The summed E-state index contributed by atoms with van der Waals surface area (Å²) < 4.78 is 0. The van der Waals surface area contributed by atoms with E-state index in [2.05, 4.69) is 4.99 Å². The highest BCUT2D eigenvalue weighted by molar-refractivity contribution is 6.45. The predicted octanol–water partition coefficient (Wildman–Crippen LogP) is 0.216. The molecule has 1 atom stereocenters. The molecule has 0 radical (unpaired) electrons. The molecular weight excluding hydrogens is 170 g/mol. The minimum Gasteiger partial charge on any atom is -0.477 e. The second-order valence-electron chi connectivity index (χ2n) is 1.90. The summed E-state index contributed by atoms with van der Waals surface area (Å²) in [5.74, 6) is -1.86. The van der Waals surface area contributed by atoms with Crippen LogP contribution in [0.3, 0.4) is 0 Å². The van der Waals surface area contributed by atoms with Crippen LogP contribution in [0.5, 0.6) is 0 Å². The summed E-state index contributed by atoms with van der Waals surface area (Å²) in [6.07, 6.45) is 2.50. The maximum Gasteiger partial charge on any atom is 0.354 e. The number of carbonyl (C=O) groups excluding carboxylic acids is 1. The molecule has 0 saturated heterocycles. The van der Waals surface area contributed by atoms with E-state index in [4.69, 9.17) is 16.7 Å². The molecule has 1 aliphatic rings. The van der Waals surface area contributed by atoms with E-state index >= 15 is 0 Å². The molecule has 0 fully saturated rings. The highest BCUT2D eigenvalue weighted by Crippen LogP contribution is 2.06. The molecular formula is C6H4ClNO3. The molecule has 1 amide bonds. The smallest absolute Gasteiger partial charge is 0.354 e. The maximum atomic E-state index is 10.7. The van der Waals surface area contributed by atoms with Gasteiger partial charge in [0.2, 0.25) is 0 Å². The van der Waals surface area contributed by atoms with E-state index in [1.54, 1.807) is 0 Å². The first-order chi connectivity index (χ1) is 5.11. The molecule has 1 heterocycles. The van der Waals surface area contributed by atoms with Crippen molar-refractivity contribution in [3.8, 4) is 0 Å². The Kier molecular flexibility index (Phi) is 2.05. The van der Waals surface area contributed by atoms with Crippen molar-refractivity contribution in [1.29, 1.82) is 0 Å². The minimum atomic E-state index is -1.22. The lowest BCUT2D eigenvalue weighted by molar-refractivity contribution is -0.129. The van der Waals surface area contributed by atoms with Crippen LogP contribution < -0.4 is 0 Å². The highest BCUT2D eigenvalue weighted by Gasteiger charge is 2.19. The number of hydrogen-bond donors (Lipinski definition) is 1. The third-order valence-corrected chi connectivity index (χ3v) is 1.44. The molecule has 1 aliphatic heterocycles. The van der Waals surface area contributed by atoms with Gasteiger partial charge in [0.1, 0.15) is 5.38 Å². The van der Waals surface area contributed by atoms with E-state index in [9.17, 15) is 9.59 Å². The van der Waals surface area contributed by atoms with Gasteiger partial charge in [0, 0.05) is 0 Å². The minimum absolute atomic E-state index is 0.271. The molecule has 1 unspecified atom stereocenters. The second kappa shape index (κ2) is 2.84. The molecule has 0 saturated carbocycles. The quantitative estimate of drug-likeness (QED) is 0.577. The number of halogens is 1. The van der Waals surface area contributed by atoms with Gasteiger partial charge < -0.3 is 5.11 Å². The molecule has 1 N–H and O–H groups in total. The molecule has 0 spiro atoms. The average Bonchev–Trinajstić information content (AvgIpc) is 1.94. The van der Waals surface area contributed by atoms with Gasteiger partial charge in [-0.2, -0.15) is 0 Å². The van der Waals surface area contributed by atoms with Crippen LogP contribution in [0, 0.1) is 0 Å². The Labute approximate surface area is 67.2 Å². The molecule has 58 valence electrons. The third kappa shape index (κ3) is 1.65. The van der Waals surface area contributed by atoms with Gasteiger partial charge in [0.25, 0.3) is 5.91 Å². The highest BCUT2D eigenvalue weighted by atomic mass is 35.5. The van der Waals surface area contributed by atoms with Crippen molar-refractivity contribution in [1.82, 2.24) is 0 Å². The van der Waals surface area contributed by atoms with Crippen LogP contribution in [0.4, 0.5) is 0 Å². The number of carboxylic acids is 1. The summed E-state index contributed by atoms with van der Waals surface area (Å²) >= 11 is 5.40. The topological polar surface area (TPSA) is 66.7 Å². The Bertz CT molecular complexity index is 269. The maximum absolute atomic E-state index is 10.7. The fourth-order valence-electron chi connectivity index (χ4n) is 0.595. The Morgan fingerprint density at radius 2 is 2.36 bits per heavy atom. The fourth-order valence-corrected chi connectivity index (χ4v) is 0.716. The lowest BCUT2D eigenvalue weighted by Gasteiger charge is -2.03. The van der Waals surface area contributed by atoms with Gasteiger partial charge in [-0.1, -0.05) is 6.08 Å². The van der Waals surface area contributed by atoms with Crippen molar-refractivity contribution < 1.29 is 14.7 Å². The summed E-state index contributed by atoms with van der Waals surface area (Å²) in [6, 6.07) is 0. The van der Waals surface area contributed by atoms with Crippen LogP contribution in [-0.2, 0) is 9.59 Å². The van der Waals surface area contributed by atoms with Crippen LogP contribution >= 0.6 is 11.6 Å². The molecule has 0 bridgehead atoms. The number of amides is 1. The van der Waals surface area contributed by atoms with Gasteiger partial charge in [-0.05, 0) is 6.08 Å². The van der Waals surface area contributed by atoms with Gasteiger partial charge in [-0.25, -0.2) is 9.79 Å². The predicted molar refractivity (Wildman–Crippen MR) is 38.9 cm³/mol. The molecule has 4 nitrogen and oxygen atoms in total. The van der Waals surface area contributed by atoms with Crippen LogP contribution in [0.1, 0.15) is 0 Å². The number of carbonyl (C=O) groups is 2. The number of alkyl halides is 1. The zero-order chi connectivity index (χ0) is 8.43. The van der Waals surface area contributed by atoms with Gasteiger partial charge in [0.05, 0.1) is 0 Å². The van der Waals surface area contributed by atoms with Crippen molar-refractivity contribution in [2.75, 3.05) is 0 Å². The van der Waals surface area contributed by atoms with Gasteiger partial charge >= 0.3 is 5.97 Å². The summed E-state index contributed by atoms with van der Waals surface area (Å²) in [7, 11) is 0. The van der Waals surface area contributed by atoms with E-state index in [0.717, 1.165) is 0 Å². The average molecular weight is 174 g/mol. The summed E-state index contributed by atoms with van der Waals surface area (Å²) in [6.45, 7) is 0. The summed E-state index contributed by atoms with van der Waals surface area (Å²) in [5, 5.41) is 7.54. The second-order valence-corrected chi connectivity index (χ2v) is 2.37. The van der Waals surface area contributed by atoms with Crippen molar-refractivity contribution in [3.05, 3.63) is 12.2 Å². The SMILES string of the molecule is O=C(O)C1=NC(=O)C(Cl)C=C1. The van der Waals surface area contributed by atoms with Crippen LogP contribution in [0.25, 0.3) is 0 Å². The number of rotatable bonds is 1. The van der Waals surface area contributed by atoms with Crippen LogP contribution in [-0.4, -0.2) is 28.1 Å². The van der Waals surface area contributed by atoms with Crippen molar-refractivity contribution >= 4 is 29.2 Å². The van der Waals surface area contributed by atoms with E-state index in [0.29, 0.717) is 0 Å². The summed E-state index contributed by atoms with van der Waals surface area (Å²) in [5.41, 5.74) is -0.271.